The van der Waals surface area contributed by atoms with Crippen LogP contribution in [0.3, 0.4) is 0 Å². The largest absolute Gasteiger partial charge is 0.368 e. The molecule has 8 rings (SSSR count). The molecule has 5 aromatic rings. The highest BCUT2D eigenvalue weighted by Crippen LogP contribution is 2.29. The van der Waals surface area contributed by atoms with E-state index in [-0.39, 0.29) is 146 Å². The van der Waals surface area contributed by atoms with Crippen molar-refractivity contribution in [2.75, 3.05) is 53.9 Å². The van der Waals surface area contributed by atoms with Crippen molar-refractivity contribution in [3.8, 4) is 0 Å². The number of nitrogens with zero attached hydrogens (tertiary/aromatic N) is 5. The minimum atomic E-state index is -1.42. The summed E-state index contributed by atoms with van der Waals surface area (Å²) in [5.74, 6) is -12.2. The second-order valence-electron chi connectivity index (χ2n) is 38.3. The van der Waals surface area contributed by atoms with Gasteiger partial charge >= 0.3 is 0 Å². The number of fused-ring (bicyclic) bond motifs is 4. The van der Waals surface area contributed by atoms with Gasteiger partial charge in [0.25, 0.3) is 0 Å². The van der Waals surface area contributed by atoms with Crippen LogP contribution in [0.2, 0.25) is 0 Å². The van der Waals surface area contributed by atoms with Gasteiger partial charge in [0, 0.05) is 87.7 Å². The number of nitrogens with two attached hydrogens (primary N) is 1. The van der Waals surface area contributed by atoms with E-state index in [0.29, 0.717) is 55.2 Å². The molecule has 3 aliphatic rings. The number of likely N-dealkylation sites (N-methyl/N-ethyl adjacent to an activating group) is 3. The standard InChI is InChI=1S/C98H147N19O16/c1-17-19-38-79-91(126)107-72(46-58(5)6)87(122)105-70(86(121)103-55-83(99)118)37-28-42-100-56-84(119)104-77(50-63-31-22-21-23-32-63)94(129)113(14)62(13)85(120)110-75(48-60(9)10)96(131)116-43-29-40-80(116)92(127)108-73(47-59(7)8)89(124)111-76(49-61(11)12)97(132)117-44-30-41-81(117)93(128)109-74(51-64-53-101-68-35-26-24-33-66(64)68)90(125)106-71(45-57(3)4)88(123)112-78(52-65-54-102-69-36-27-25-34-67(65)69)95(130)115(16)82(39-20-18-2)98(133)114(79)15/h21-27,31-36,53-54,57-62,70-82,100-102H,17-20,28-30,37-52,55-56H2,1-16H3,(H2,99,118)(H,103,121)(H,104,119)(H,105,122)(H,106,125)(H,107,126)(H,108,127)(H,109,128)(H,110,120)(H,111,124)(H,112,123)/t62-,70-,71-,72-,73-,74-,75-,76-,77-,78-,79-,80-,81-,82-/m0/s1. The Hall–Kier alpha value is -11.8. The number of nitrogens with one attached hydrogen (secondary N) is 13. The predicted octanol–water partition coefficient (Wildman–Crippen LogP) is 5.12. The lowest BCUT2D eigenvalue weighted by atomic mass is 9.98. The summed E-state index contributed by atoms with van der Waals surface area (Å²) < 4.78 is 0. The van der Waals surface area contributed by atoms with Crippen molar-refractivity contribution in [1.29, 1.82) is 0 Å². The fourth-order valence-electron chi connectivity index (χ4n) is 17.8. The van der Waals surface area contributed by atoms with E-state index in [0.717, 1.165) is 21.8 Å². The Balaban J connectivity index is 1.17. The maximum atomic E-state index is 15.9. The molecular weight excluding hydrogens is 1700 g/mol. The summed E-state index contributed by atoms with van der Waals surface area (Å²) in [5.41, 5.74) is 8.88. The number of amides is 16. The van der Waals surface area contributed by atoms with Gasteiger partial charge in [0.1, 0.15) is 84.6 Å². The van der Waals surface area contributed by atoms with E-state index in [2.05, 4.69) is 68.5 Å². The minimum absolute atomic E-state index is 0.00530. The lowest BCUT2D eigenvalue weighted by Crippen LogP contribution is -2.61. The highest BCUT2D eigenvalue weighted by Gasteiger charge is 2.46. The van der Waals surface area contributed by atoms with Crippen molar-refractivity contribution in [3.63, 3.8) is 0 Å². The van der Waals surface area contributed by atoms with E-state index in [4.69, 9.17) is 5.73 Å². The van der Waals surface area contributed by atoms with Crippen LogP contribution in [0.1, 0.15) is 216 Å². The smallest absolute Gasteiger partial charge is 0.245 e. The number of benzene rings is 3. The summed E-state index contributed by atoms with van der Waals surface area (Å²) in [6.45, 7) is 23.2. The maximum absolute atomic E-state index is 15.9. The minimum Gasteiger partial charge on any atom is -0.368 e. The Morgan fingerprint density at radius 3 is 1.31 bits per heavy atom. The second kappa shape index (κ2) is 51.5. The third-order valence-corrected chi connectivity index (χ3v) is 25.1. The molecule has 35 heteroatoms. The van der Waals surface area contributed by atoms with E-state index >= 15 is 43.2 Å². The summed E-state index contributed by atoms with van der Waals surface area (Å²) in [7, 11) is 4.32. The second-order valence-corrected chi connectivity index (χ2v) is 38.3. The van der Waals surface area contributed by atoms with Gasteiger partial charge < -0.3 is 98.7 Å². The zero-order chi connectivity index (χ0) is 97.6. The van der Waals surface area contributed by atoms with Crippen LogP contribution in [0.4, 0.5) is 0 Å². The third-order valence-electron chi connectivity index (χ3n) is 25.1. The van der Waals surface area contributed by atoms with Crippen molar-refractivity contribution < 1.29 is 76.7 Å². The number of hydrogen-bond acceptors (Lipinski definition) is 17. The molecular formula is C98H147N19O16. The van der Waals surface area contributed by atoms with Crippen LogP contribution in [0, 0.1) is 29.6 Å². The van der Waals surface area contributed by atoms with Crippen LogP contribution in [-0.2, 0) is 96.0 Å². The SMILES string of the molecule is CCCC[C@H]1C(=O)N(C)[C@@H](CCCC)C(=O)N[C@@H](CC(C)C)C(=O)N[C@H](C(=O)NCC(N)=O)CCCNCC(=O)N[C@@H](Cc2ccccc2)C(=O)N(C)[C@@H](C)C(=O)N[C@@H](CC(C)C)C(=O)N2CCC[C@H]2C(=O)N[C@@H](CC(C)C)C(=O)N[C@@H](CC(C)C)C(=O)N2CCC[C@H]2C(=O)N[C@@H](Cc2c[nH]c3ccccc23)C(=O)N[C@@H](CC(C)C)C(=O)N[C@@H](Cc2c[nH]c3ccccc23)C(=O)N1C. The fourth-order valence-corrected chi connectivity index (χ4v) is 17.8. The van der Waals surface area contributed by atoms with Crippen LogP contribution in [-0.4, -0.2) is 267 Å². The van der Waals surface area contributed by atoms with Crippen LogP contribution in [0.15, 0.2) is 91.3 Å². The highest BCUT2D eigenvalue weighted by molar-refractivity contribution is 6.02. The maximum Gasteiger partial charge on any atom is 0.245 e. The number of primary amides is 1. The number of para-hydroxylation sites is 2. The molecule has 0 saturated carbocycles. The summed E-state index contributed by atoms with van der Waals surface area (Å²) >= 11 is 0. The van der Waals surface area contributed by atoms with Crippen molar-refractivity contribution >= 4 is 116 Å². The first-order chi connectivity index (χ1) is 63.2. The van der Waals surface area contributed by atoms with Gasteiger partial charge in [-0.15, -0.1) is 0 Å². The topological polar surface area (TPSA) is 479 Å². The Labute approximate surface area is 782 Å². The van der Waals surface area contributed by atoms with E-state index in [9.17, 15) is 33.6 Å². The van der Waals surface area contributed by atoms with Crippen LogP contribution < -0.4 is 64.2 Å². The zero-order valence-corrected chi connectivity index (χ0v) is 80.7. The van der Waals surface area contributed by atoms with Crippen LogP contribution in [0.25, 0.3) is 21.8 Å². The molecule has 5 heterocycles. The molecule has 0 spiro atoms. The Kier molecular flexibility index (Phi) is 41.2. The monoisotopic (exact) mass is 1850 g/mol. The number of hydrogen-bond donors (Lipinski definition) is 14. The Morgan fingerprint density at radius 2 is 0.812 bits per heavy atom. The third kappa shape index (κ3) is 30.9. The van der Waals surface area contributed by atoms with Gasteiger partial charge in [0.2, 0.25) is 94.5 Å². The molecule has 3 aliphatic heterocycles. The Morgan fingerprint density at radius 1 is 0.414 bits per heavy atom. The van der Waals surface area contributed by atoms with E-state index in [1.54, 1.807) is 42.7 Å². The fraction of sp³-hybridized carbons (Fsp3) is 0.612. The molecule has 2 aromatic heterocycles. The Bertz CT molecular complexity index is 4820. The number of H-pyrrole nitrogens is 2. The molecule has 14 atom stereocenters. The molecule has 35 nitrogen and oxygen atoms in total. The van der Waals surface area contributed by atoms with Gasteiger partial charge in [-0.05, 0) is 155 Å². The van der Waals surface area contributed by atoms with E-state index in [1.165, 1.54) is 52.6 Å². The summed E-state index contributed by atoms with van der Waals surface area (Å²) in [5, 5.41) is 33.2. The first kappa shape index (κ1) is 107. The molecule has 3 aromatic carbocycles. The summed E-state index contributed by atoms with van der Waals surface area (Å²) in [6, 6.07) is 5.97. The lowest BCUT2D eigenvalue weighted by Gasteiger charge is -2.36. The van der Waals surface area contributed by atoms with Gasteiger partial charge in [-0.3, -0.25) is 76.7 Å². The number of aromatic nitrogens is 2. The molecule has 3 fully saturated rings. The molecule has 730 valence electrons. The molecule has 0 radical (unpaired) electrons. The molecule has 0 aliphatic carbocycles. The lowest BCUT2D eigenvalue weighted by molar-refractivity contribution is -0.149. The molecule has 3 saturated heterocycles. The molecule has 0 bridgehead atoms. The van der Waals surface area contributed by atoms with Crippen molar-refractivity contribution in [1.82, 2.24) is 93.0 Å². The van der Waals surface area contributed by atoms with Crippen molar-refractivity contribution in [2.45, 2.75) is 303 Å². The molecule has 133 heavy (non-hydrogen) atoms. The number of aromatic amines is 2. The molecule has 0 unspecified atom stereocenters. The average molecular weight is 1850 g/mol. The van der Waals surface area contributed by atoms with Gasteiger partial charge in [-0.25, -0.2) is 0 Å². The van der Waals surface area contributed by atoms with Gasteiger partial charge in [-0.2, -0.15) is 0 Å². The number of carbonyl (C=O) groups excluding carboxylic acids is 16. The van der Waals surface area contributed by atoms with Crippen molar-refractivity contribution in [3.05, 3.63) is 108 Å². The van der Waals surface area contributed by atoms with Crippen molar-refractivity contribution in [2.24, 2.45) is 35.3 Å². The van der Waals surface area contributed by atoms with E-state index < -0.39 is 186 Å². The van der Waals surface area contributed by atoms with Gasteiger partial charge in [0.15, 0.2) is 0 Å². The number of carbonyl (C=O) groups is 16. The van der Waals surface area contributed by atoms with E-state index in [1.807, 2.05) is 132 Å². The van der Waals surface area contributed by atoms with Crippen LogP contribution >= 0.6 is 0 Å². The zero-order valence-electron chi connectivity index (χ0n) is 80.7. The number of unbranched alkanes of at least 4 members (excludes halogenated alkanes) is 2. The quantitative estimate of drug-likeness (QED) is 0.0360. The normalized spacial score (nSPS) is 24.9. The summed E-state index contributed by atoms with van der Waals surface area (Å²) in [6.07, 6.45) is 7.04. The first-order valence-electron chi connectivity index (χ1n) is 47.7. The highest BCUT2D eigenvalue weighted by atomic mass is 16.2. The molecule has 16 amide bonds. The first-order valence-corrected chi connectivity index (χ1v) is 47.7. The van der Waals surface area contributed by atoms with Gasteiger partial charge in [-0.1, -0.05) is 175 Å². The average Bonchev–Trinajstić information content (AvgIpc) is 1.73. The predicted molar refractivity (Wildman–Crippen MR) is 507 cm³/mol. The molecule has 15 N–H and O–H groups in total. The van der Waals surface area contributed by atoms with Crippen LogP contribution in [0.5, 0.6) is 0 Å². The summed E-state index contributed by atoms with van der Waals surface area (Å²) in [4.78, 5) is 251. The number of rotatable bonds is 25. The van der Waals surface area contributed by atoms with Gasteiger partial charge in [0.05, 0.1) is 13.1 Å².